The number of hydrogen-bond donors (Lipinski definition) is 1. The Morgan fingerprint density at radius 1 is 0.939 bits per heavy atom. The third-order valence-electron chi connectivity index (χ3n) is 6.39. The van der Waals surface area contributed by atoms with Crippen molar-refractivity contribution in [2.75, 3.05) is 36.4 Å². The Morgan fingerprint density at radius 3 is 2.48 bits per heavy atom. The van der Waals surface area contributed by atoms with Gasteiger partial charge in [-0.2, -0.15) is 0 Å². The molecule has 1 aromatic heterocycles. The molecule has 168 valence electrons. The van der Waals surface area contributed by atoms with Crippen molar-refractivity contribution < 1.29 is 4.79 Å². The molecule has 2 heterocycles. The summed E-state index contributed by atoms with van der Waals surface area (Å²) in [6, 6.07) is 24.0. The first-order chi connectivity index (χ1) is 16.1. The van der Waals surface area contributed by atoms with Crippen LogP contribution in [0.1, 0.15) is 21.7 Å². The fraction of sp³-hybridized carbons (Fsp3) is 0.259. The number of hydrogen-bond acceptors (Lipinski definition) is 4. The highest BCUT2D eigenvalue weighted by atomic mass is 16.1. The van der Waals surface area contributed by atoms with E-state index >= 15 is 0 Å². The van der Waals surface area contributed by atoms with Gasteiger partial charge in [-0.15, -0.1) is 0 Å². The zero-order valence-electron chi connectivity index (χ0n) is 19.2. The van der Waals surface area contributed by atoms with Crippen molar-refractivity contribution in [3.63, 3.8) is 0 Å². The Morgan fingerprint density at radius 2 is 1.70 bits per heavy atom. The number of nitrogens with one attached hydrogen (secondary N) is 1. The standard InChI is InChI=1S/C27H29N5O/c1-20-8-7-9-21(18-20)27(33)29-23-11-4-6-13-25(23)32-16-14-31(15-17-32)19-26-28-22-10-3-5-12-24(22)30(26)2/h3-13,18H,14-17,19H2,1-2H3,(H,29,33). The van der Waals surface area contributed by atoms with Crippen LogP contribution in [0.4, 0.5) is 11.4 Å². The second kappa shape index (κ2) is 9.08. The minimum Gasteiger partial charge on any atom is -0.367 e. The normalized spacial score (nSPS) is 14.5. The summed E-state index contributed by atoms with van der Waals surface area (Å²) >= 11 is 0. The van der Waals surface area contributed by atoms with E-state index < -0.39 is 0 Å². The van der Waals surface area contributed by atoms with E-state index in [1.807, 2.05) is 55.5 Å². The van der Waals surface area contributed by atoms with Gasteiger partial charge in [-0.3, -0.25) is 9.69 Å². The molecule has 3 aromatic carbocycles. The first-order valence-corrected chi connectivity index (χ1v) is 11.4. The SMILES string of the molecule is Cc1cccc(C(=O)Nc2ccccc2N2CCN(Cc3nc4ccccc4n3C)CC2)c1. The van der Waals surface area contributed by atoms with Crippen molar-refractivity contribution in [1.82, 2.24) is 14.5 Å². The molecular weight excluding hydrogens is 410 g/mol. The third kappa shape index (κ3) is 4.47. The van der Waals surface area contributed by atoms with Crippen LogP contribution in [-0.4, -0.2) is 46.5 Å². The Balaban J connectivity index is 1.25. The highest BCUT2D eigenvalue weighted by Crippen LogP contribution is 2.27. The molecule has 0 spiro atoms. The van der Waals surface area contributed by atoms with Gasteiger partial charge in [0.1, 0.15) is 5.82 Å². The Labute approximate surface area is 194 Å². The fourth-order valence-corrected chi connectivity index (χ4v) is 4.52. The minimum atomic E-state index is -0.0772. The van der Waals surface area contributed by atoms with Gasteiger partial charge in [0, 0.05) is 38.8 Å². The van der Waals surface area contributed by atoms with E-state index in [1.165, 1.54) is 5.52 Å². The number of piperazine rings is 1. The summed E-state index contributed by atoms with van der Waals surface area (Å²) in [7, 11) is 2.09. The van der Waals surface area contributed by atoms with Crippen LogP contribution in [0.5, 0.6) is 0 Å². The van der Waals surface area contributed by atoms with Crippen LogP contribution in [-0.2, 0) is 13.6 Å². The molecule has 0 atom stereocenters. The molecule has 0 aliphatic carbocycles. The predicted molar refractivity (Wildman–Crippen MR) is 134 cm³/mol. The molecule has 33 heavy (non-hydrogen) atoms. The van der Waals surface area contributed by atoms with Gasteiger partial charge in [-0.25, -0.2) is 4.98 Å². The summed E-state index contributed by atoms with van der Waals surface area (Å²) in [5.74, 6) is 1.02. The molecule has 5 rings (SSSR count). The number of carbonyl (C=O) groups excluding carboxylic acids is 1. The van der Waals surface area contributed by atoms with Crippen LogP contribution in [0.15, 0.2) is 72.8 Å². The number of imidazole rings is 1. The van der Waals surface area contributed by atoms with Crippen LogP contribution in [0.25, 0.3) is 11.0 Å². The molecule has 0 radical (unpaired) electrons. The lowest BCUT2D eigenvalue weighted by Gasteiger charge is -2.36. The topological polar surface area (TPSA) is 53.4 Å². The Kier molecular flexibility index (Phi) is 5.84. The molecule has 4 aromatic rings. The number of aryl methyl sites for hydroxylation is 2. The second-order valence-electron chi connectivity index (χ2n) is 8.68. The molecule has 1 aliphatic heterocycles. The highest BCUT2D eigenvalue weighted by Gasteiger charge is 2.21. The van der Waals surface area contributed by atoms with Crippen molar-refractivity contribution in [3.8, 4) is 0 Å². The maximum Gasteiger partial charge on any atom is 0.255 e. The molecule has 0 unspecified atom stereocenters. The molecule has 0 saturated carbocycles. The van der Waals surface area contributed by atoms with Gasteiger partial charge >= 0.3 is 0 Å². The molecular formula is C27H29N5O. The van der Waals surface area contributed by atoms with Gasteiger partial charge in [0.2, 0.25) is 0 Å². The van der Waals surface area contributed by atoms with Gasteiger partial charge in [0.15, 0.2) is 0 Å². The summed E-state index contributed by atoms with van der Waals surface area (Å²) < 4.78 is 2.19. The molecule has 6 nitrogen and oxygen atoms in total. The Bertz CT molecular complexity index is 1290. The number of aromatic nitrogens is 2. The maximum atomic E-state index is 12.8. The summed E-state index contributed by atoms with van der Waals surface area (Å²) in [5, 5.41) is 3.12. The summed E-state index contributed by atoms with van der Waals surface area (Å²) in [6.07, 6.45) is 0. The van der Waals surface area contributed by atoms with Crippen LogP contribution in [0, 0.1) is 6.92 Å². The van der Waals surface area contributed by atoms with E-state index in [2.05, 4.69) is 51.0 Å². The van der Waals surface area contributed by atoms with Crippen molar-refractivity contribution in [3.05, 3.63) is 89.7 Å². The van der Waals surface area contributed by atoms with Gasteiger partial charge < -0.3 is 14.8 Å². The molecule has 1 aliphatic rings. The average molecular weight is 440 g/mol. The van der Waals surface area contributed by atoms with Gasteiger partial charge in [-0.05, 0) is 43.3 Å². The first kappa shape index (κ1) is 21.2. The maximum absolute atomic E-state index is 12.8. The molecule has 1 N–H and O–H groups in total. The van der Waals surface area contributed by atoms with Gasteiger partial charge in [0.05, 0.1) is 29.0 Å². The van der Waals surface area contributed by atoms with Crippen molar-refractivity contribution in [2.24, 2.45) is 7.05 Å². The fourth-order valence-electron chi connectivity index (χ4n) is 4.52. The average Bonchev–Trinajstić information content (AvgIpc) is 3.15. The zero-order chi connectivity index (χ0) is 22.8. The van der Waals surface area contributed by atoms with E-state index in [9.17, 15) is 4.79 Å². The largest absolute Gasteiger partial charge is 0.367 e. The first-order valence-electron chi connectivity index (χ1n) is 11.4. The lowest BCUT2D eigenvalue weighted by atomic mass is 10.1. The predicted octanol–water partition coefficient (Wildman–Crippen LogP) is 4.46. The molecule has 0 bridgehead atoms. The number of fused-ring (bicyclic) bond motifs is 1. The number of benzene rings is 3. The molecule has 1 amide bonds. The molecule has 6 heteroatoms. The lowest BCUT2D eigenvalue weighted by Crippen LogP contribution is -2.46. The lowest BCUT2D eigenvalue weighted by molar-refractivity contribution is 0.102. The van der Waals surface area contributed by atoms with E-state index in [1.54, 1.807) is 0 Å². The monoisotopic (exact) mass is 439 g/mol. The van der Waals surface area contributed by atoms with Gasteiger partial charge in [0.25, 0.3) is 5.91 Å². The van der Waals surface area contributed by atoms with Crippen LogP contribution in [0.2, 0.25) is 0 Å². The van der Waals surface area contributed by atoms with Crippen molar-refractivity contribution in [1.29, 1.82) is 0 Å². The minimum absolute atomic E-state index is 0.0772. The van der Waals surface area contributed by atoms with Gasteiger partial charge in [-0.1, -0.05) is 42.0 Å². The van der Waals surface area contributed by atoms with E-state index in [0.29, 0.717) is 5.56 Å². The van der Waals surface area contributed by atoms with E-state index in [4.69, 9.17) is 4.98 Å². The molecule has 1 fully saturated rings. The van der Waals surface area contributed by atoms with Crippen molar-refractivity contribution >= 4 is 28.3 Å². The van der Waals surface area contributed by atoms with Crippen LogP contribution in [0.3, 0.4) is 0 Å². The second-order valence-corrected chi connectivity index (χ2v) is 8.68. The smallest absolute Gasteiger partial charge is 0.255 e. The summed E-state index contributed by atoms with van der Waals surface area (Å²) in [5.41, 5.74) is 5.90. The number of amides is 1. The molecule has 1 saturated heterocycles. The zero-order valence-corrected chi connectivity index (χ0v) is 19.2. The highest BCUT2D eigenvalue weighted by molar-refractivity contribution is 6.06. The van der Waals surface area contributed by atoms with Crippen molar-refractivity contribution in [2.45, 2.75) is 13.5 Å². The summed E-state index contributed by atoms with van der Waals surface area (Å²) in [4.78, 5) is 22.4. The summed E-state index contributed by atoms with van der Waals surface area (Å²) in [6.45, 7) is 6.54. The number of anilines is 2. The third-order valence-corrected chi connectivity index (χ3v) is 6.39. The quantitative estimate of drug-likeness (QED) is 0.499. The number of rotatable bonds is 5. The van der Waals surface area contributed by atoms with E-state index in [0.717, 1.165) is 61.0 Å². The van der Waals surface area contributed by atoms with Crippen LogP contribution < -0.4 is 10.2 Å². The Hall–Kier alpha value is -3.64. The number of carbonyl (C=O) groups is 1. The number of nitrogens with zero attached hydrogens (tertiary/aromatic N) is 4. The number of para-hydroxylation sites is 4. The van der Waals surface area contributed by atoms with Crippen LogP contribution >= 0.6 is 0 Å². The van der Waals surface area contributed by atoms with E-state index in [-0.39, 0.29) is 5.91 Å².